The van der Waals surface area contributed by atoms with Gasteiger partial charge in [-0.3, -0.25) is 0 Å². The zero-order valence-electron chi connectivity index (χ0n) is 14.6. The van der Waals surface area contributed by atoms with E-state index in [0.29, 0.717) is 0 Å². The van der Waals surface area contributed by atoms with Gasteiger partial charge in [-0.25, -0.2) is 0 Å². The summed E-state index contributed by atoms with van der Waals surface area (Å²) in [6.45, 7) is 11.7. The third-order valence-corrected chi connectivity index (χ3v) is 4.57. The van der Waals surface area contributed by atoms with Crippen LogP contribution in [0, 0.1) is 5.41 Å². The Balaban J connectivity index is 2.92. The molecule has 0 radical (unpaired) electrons. The Hall–Kier alpha value is -1.22. The van der Waals surface area contributed by atoms with Crippen molar-refractivity contribution in [2.24, 2.45) is 5.41 Å². The third kappa shape index (κ3) is 4.37. The number of benzene rings is 1. The van der Waals surface area contributed by atoms with E-state index in [1.807, 2.05) is 18.2 Å². The second-order valence-corrected chi connectivity index (χ2v) is 6.39. The maximum Gasteiger partial charge on any atom is 0.161 e. The van der Waals surface area contributed by atoms with Gasteiger partial charge in [0.05, 0.1) is 26.4 Å². The Bertz CT molecular complexity index is 448. The molecule has 3 heteroatoms. The molecule has 0 N–H and O–H groups in total. The van der Waals surface area contributed by atoms with Gasteiger partial charge in [-0.1, -0.05) is 26.8 Å². The molecule has 0 aliphatic carbocycles. The van der Waals surface area contributed by atoms with Crippen molar-refractivity contribution in [2.75, 3.05) is 20.8 Å². The number of hydrogen-bond donors (Lipinski definition) is 0. The summed E-state index contributed by atoms with van der Waals surface area (Å²) in [4.78, 5) is 0. The van der Waals surface area contributed by atoms with Crippen LogP contribution in [0.25, 0.3) is 0 Å². The molecule has 1 rings (SSSR count). The van der Waals surface area contributed by atoms with Gasteiger partial charge in [0.25, 0.3) is 0 Å². The first-order chi connectivity index (χ1) is 9.81. The van der Waals surface area contributed by atoms with Gasteiger partial charge in [-0.05, 0) is 49.8 Å². The van der Waals surface area contributed by atoms with E-state index in [0.717, 1.165) is 36.5 Å². The van der Waals surface area contributed by atoms with Crippen molar-refractivity contribution in [2.45, 2.75) is 53.1 Å². The second-order valence-electron chi connectivity index (χ2n) is 6.39. The molecule has 0 aliphatic rings. The van der Waals surface area contributed by atoms with Gasteiger partial charge in [0.1, 0.15) is 0 Å². The van der Waals surface area contributed by atoms with E-state index in [4.69, 9.17) is 14.2 Å². The molecule has 1 aromatic carbocycles. The van der Waals surface area contributed by atoms with Crippen LogP contribution < -0.4 is 9.47 Å². The van der Waals surface area contributed by atoms with Crippen LogP contribution in [0.4, 0.5) is 0 Å². The van der Waals surface area contributed by atoms with Crippen molar-refractivity contribution < 1.29 is 14.2 Å². The number of rotatable bonds is 8. The Kier molecular flexibility index (Phi) is 6.09. The van der Waals surface area contributed by atoms with Gasteiger partial charge < -0.3 is 14.2 Å². The van der Waals surface area contributed by atoms with Crippen molar-refractivity contribution in [3.63, 3.8) is 0 Å². The molecule has 0 saturated heterocycles. The normalized spacial score (nSPS) is 12.3. The molecule has 1 aromatic rings. The average Bonchev–Trinajstić information content (AvgIpc) is 2.51. The minimum absolute atomic E-state index is 0.230. The molecule has 0 aliphatic heterocycles. The van der Waals surface area contributed by atoms with Crippen LogP contribution in [-0.2, 0) is 10.3 Å². The standard InChI is InChI=1S/C18H30O3/c1-8-18(5,9-2)13-21-17(3,4)14-10-11-15(19-6)16(12-14)20-7/h10-12H,8-9,13H2,1-7H3. The molecule has 0 spiro atoms. The van der Waals surface area contributed by atoms with Crippen LogP contribution in [0.3, 0.4) is 0 Å². The van der Waals surface area contributed by atoms with Crippen molar-refractivity contribution in [3.05, 3.63) is 23.8 Å². The lowest BCUT2D eigenvalue weighted by atomic mass is 9.85. The molecule has 0 unspecified atom stereocenters. The fraction of sp³-hybridized carbons (Fsp3) is 0.667. The molecular weight excluding hydrogens is 264 g/mol. The van der Waals surface area contributed by atoms with Crippen LogP contribution >= 0.6 is 0 Å². The Morgan fingerprint density at radius 2 is 1.48 bits per heavy atom. The highest BCUT2D eigenvalue weighted by atomic mass is 16.5. The highest BCUT2D eigenvalue weighted by Crippen LogP contribution is 2.36. The highest BCUT2D eigenvalue weighted by molar-refractivity contribution is 5.44. The zero-order valence-corrected chi connectivity index (χ0v) is 14.6. The molecule has 3 nitrogen and oxygen atoms in total. The van der Waals surface area contributed by atoms with Crippen molar-refractivity contribution in [3.8, 4) is 11.5 Å². The van der Waals surface area contributed by atoms with Crippen LogP contribution in [0.2, 0.25) is 0 Å². The summed E-state index contributed by atoms with van der Waals surface area (Å²) < 4.78 is 16.9. The predicted molar refractivity (Wildman–Crippen MR) is 87.2 cm³/mol. The van der Waals surface area contributed by atoms with Crippen LogP contribution in [0.5, 0.6) is 11.5 Å². The molecule has 0 heterocycles. The largest absolute Gasteiger partial charge is 0.493 e. The molecular formula is C18H30O3. The topological polar surface area (TPSA) is 27.7 Å². The van der Waals surface area contributed by atoms with Crippen molar-refractivity contribution in [1.82, 2.24) is 0 Å². The fourth-order valence-electron chi connectivity index (χ4n) is 2.10. The molecule has 0 saturated carbocycles. The molecule has 0 aromatic heterocycles. The highest BCUT2D eigenvalue weighted by Gasteiger charge is 2.28. The van der Waals surface area contributed by atoms with E-state index in [1.165, 1.54) is 0 Å². The number of methoxy groups -OCH3 is 2. The van der Waals surface area contributed by atoms with Gasteiger partial charge in [-0.15, -0.1) is 0 Å². The van der Waals surface area contributed by atoms with E-state index < -0.39 is 0 Å². The first kappa shape index (κ1) is 17.8. The minimum Gasteiger partial charge on any atom is -0.493 e. The molecule has 0 bridgehead atoms. The first-order valence-electron chi connectivity index (χ1n) is 7.68. The SMILES string of the molecule is CCC(C)(CC)COC(C)(C)c1ccc(OC)c(OC)c1. The quantitative estimate of drug-likeness (QED) is 0.690. The maximum absolute atomic E-state index is 6.24. The van der Waals surface area contributed by atoms with Gasteiger partial charge in [-0.2, -0.15) is 0 Å². The summed E-state index contributed by atoms with van der Waals surface area (Å²) in [5, 5.41) is 0. The summed E-state index contributed by atoms with van der Waals surface area (Å²) in [5.41, 5.74) is 0.966. The van der Waals surface area contributed by atoms with Crippen molar-refractivity contribution >= 4 is 0 Å². The van der Waals surface area contributed by atoms with E-state index in [-0.39, 0.29) is 11.0 Å². The number of ether oxygens (including phenoxy) is 3. The van der Waals surface area contributed by atoms with Crippen LogP contribution in [-0.4, -0.2) is 20.8 Å². The van der Waals surface area contributed by atoms with Crippen LogP contribution in [0.1, 0.15) is 53.0 Å². The van der Waals surface area contributed by atoms with E-state index in [2.05, 4.69) is 34.6 Å². The smallest absolute Gasteiger partial charge is 0.161 e. The van der Waals surface area contributed by atoms with Gasteiger partial charge in [0, 0.05) is 0 Å². The van der Waals surface area contributed by atoms with Crippen molar-refractivity contribution in [1.29, 1.82) is 0 Å². The van der Waals surface area contributed by atoms with E-state index >= 15 is 0 Å². The lowest BCUT2D eigenvalue weighted by molar-refractivity contribution is -0.0652. The molecule has 21 heavy (non-hydrogen) atoms. The summed E-state index contributed by atoms with van der Waals surface area (Å²) >= 11 is 0. The first-order valence-corrected chi connectivity index (χ1v) is 7.68. The zero-order chi connectivity index (χ0) is 16.1. The Morgan fingerprint density at radius 3 is 1.95 bits per heavy atom. The fourth-order valence-corrected chi connectivity index (χ4v) is 2.10. The maximum atomic E-state index is 6.24. The molecule has 0 amide bonds. The molecule has 0 atom stereocenters. The number of hydrogen-bond acceptors (Lipinski definition) is 3. The third-order valence-electron chi connectivity index (χ3n) is 4.57. The van der Waals surface area contributed by atoms with E-state index in [9.17, 15) is 0 Å². The summed E-state index contributed by atoms with van der Waals surface area (Å²) in [6, 6.07) is 5.96. The minimum atomic E-state index is -0.356. The Morgan fingerprint density at radius 1 is 0.905 bits per heavy atom. The lowest BCUT2D eigenvalue weighted by Crippen LogP contribution is -2.30. The van der Waals surface area contributed by atoms with E-state index in [1.54, 1.807) is 14.2 Å². The Labute approximate surface area is 129 Å². The summed E-state index contributed by atoms with van der Waals surface area (Å²) in [6.07, 6.45) is 2.23. The van der Waals surface area contributed by atoms with Gasteiger partial charge in [0.15, 0.2) is 11.5 Å². The van der Waals surface area contributed by atoms with Gasteiger partial charge in [0.2, 0.25) is 0 Å². The van der Waals surface area contributed by atoms with Gasteiger partial charge >= 0.3 is 0 Å². The summed E-state index contributed by atoms with van der Waals surface area (Å²) in [7, 11) is 3.30. The predicted octanol–water partition coefficient (Wildman–Crippen LogP) is 4.78. The van der Waals surface area contributed by atoms with Crippen LogP contribution in [0.15, 0.2) is 18.2 Å². The average molecular weight is 294 g/mol. The summed E-state index contributed by atoms with van der Waals surface area (Å²) in [5.74, 6) is 1.48. The second kappa shape index (κ2) is 7.17. The lowest BCUT2D eigenvalue weighted by Gasteiger charge is -2.33. The monoisotopic (exact) mass is 294 g/mol. The molecule has 0 fully saturated rings. The molecule has 120 valence electrons.